The second-order valence-electron chi connectivity index (χ2n) is 8.26. The van der Waals surface area contributed by atoms with Gasteiger partial charge in [0.25, 0.3) is 0 Å². The summed E-state index contributed by atoms with van der Waals surface area (Å²) in [6.45, 7) is 11.7. The van der Waals surface area contributed by atoms with Gasteiger partial charge in [0, 0.05) is 44.3 Å². The molecule has 0 aromatic carbocycles. The number of morpholine rings is 1. The number of rotatable bonds is 7. The largest absolute Gasteiger partial charge is 0.379 e. The lowest BCUT2D eigenvalue weighted by Crippen LogP contribution is -2.51. The van der Waals surface area contributed by atoms with Crippen LogP contribution < -0.4 is 10.6 Å². The molecule has 1 aliphatic heterocycles. The van der Waals surface area contributed by atoms with Crippen LogP contribution in [0.15, 0.2) is 23.3 Å². The van der Waals surface area contributed by atoms with Gasteiger partial charge >= 0.3 is 0 Å². The maximum Gasteiger partial charge on any atom is 0.191 e. The number of pyridine rings is 1. The monoisotopic (exact) mass is 515 g/mol. The van der Waals surface area contributed by atoms with Crippen LogP contribution >= 0.6 is 24.0 Å². The number of nitrogens with one attached hydrogen (secondary N) is 2. The predicted molar refractivity (Wildman–Crippen MR) is 130 cm³/mol. The van der Waals surface area contributed by atoms with Crippen molar-refractivity contribution < 1.29 is 4.74 Å². The molecule has 1 aliphatic carbocycles. The molecule has 164 valence electrons. The van der Waals surface area contributed by atoms with Crippen molar-refractivity contribution in [2.24, 2.45) is 10.4 Å². The van der Waals surface area contributed by atoms with Crippen molar-refractivity contribution in [3.63, 3.8) is 0 Å². The highest BCUT2D eigenvalue weighted by molar-refractivity contribution is 14.0. The fraction of sp³-hybridized carbons (Fsp3) is 0.727. The molecule has 2 fully saturated rings. The fourth-order valence-electron chi connectivity index (χ4n) is 4.38. The smallest absolute Gasteiger partial charge is 0.191 e. The lowest BCUT2D eigenvalue weighted by molar-refractivity contribution is 0.00820. The first-order chi connectivity index (χ1) is 13.7. The van der Waals surface area contributed by atoms with Gasteiger partial charge in [-0.1, -0.05) is 25.3 Å². The topological polar surface area (TPSA) is 61.8 Å². The summed E-state index contributed by atoms with van der Waals surface area (Å²) >= 11 is 0. The Hall–Kier alpha value is -0.930. The molecule has 2 heterocycles. The molecule has 0 amide bonds. The quantitative estimate of drug-likeness (QED) is 0.332. The zero-order valence-corrected chi connectivity index (χ0v) is 20.4. The number of aliphatic imine (C=N–C) groups is 1. The number of aromatic nitrogens is 1. The molecule has 1 saturated heterocycles. The van der Waals surface area contributed by atoms with Crippen molar-refractivity contribution >= 4 is 29.9 Å². The summed E-state index contributed by atoms with van der Waals surface area (Å²) in [7, 11) is 0. The Morgan fingerprint density at radius 2 is 1.97 bits per heavy atom. The number of hydrogen-bond donors (Lipinski definition) is 2. The van der Waals surface area contributed by atoms with E-state index in [1.165, 1.54) is 44.2 Å². The van der Waals surface area contributed by atoms with E-state index in [1.54, 1.807) is 0 Å². The van der Waals surface area contributed by atoms with E-state index in [4.69, 9.17) is 9.73 Å². The van der Waals surface area contributed by atoms with Crippen molar-refractivity contribution in [2.45, 2.75) is 52.5 Å². The Morgan fingerprint density at radius 3 is 2.66 bits per heavy atom. The molecule has 7 heteroatoms. The summed E-state index contributed by atoms with van der Waals surface area (Å²) in [6, 6.07) is 4.07. The third kappa shape index (κ3) is 7.68. The molecule has 0 radical (unpaired) electrons. The van der Waals surface area contributed by atoms with Crippen LogP contribution in [0.4, 0.5) is 0 Å². The molecule has 0 spiro atoms. The van der Waals surface area contributed by atoms with Crippen LogP contribution in [0.5, 0.6) is 0 Å². The third-order valence-corrected chi connectivity index (χ3v) is 6.06. The summed E-state index contributed by atoms with van der Waals surface area (Å²) in [5.41, 5.74) is 2.57. The van der Waals surface area contributed by atoms with Crippen LogP contribution in [-0.4, -0.2) is 61.8 Å². The van der Waals surface area contributed by atoms with Crippen LogP contribution in [0.1, 0.15) is 50.3 Å². The average molecular weight is 515 g/mol. The number of aryl methyl sites for hydroxylation is 1. The number of ether oxygens (including phenoxy) is 1. The van der Waals surface area contributed by atoms with E-state index in [0.717, 1.165) is 51.0 Å². The van der Waals surface area contributed by atoms with Gasteiger partial charge in [0.1, 0.15) is 0 Å². The highest BCUT2D eigenvalue weighted by Gasteiger charge is 2.34. The minimum absolute atomic E-state index is 0. The van der Waals surface area contributed by atoms with E-state index < -0.39 is 0 Å². The van der Waals surface area contributed by atoms with Crippen LogP contribution in [0.3, 0.4) is 0 Å². The van der Waals surface area contributed by atoms with Gasteiger partial charge in [-0.3, -0.25) is 9.88 Å². The molecule has 1 aromatic rings. The molecule has 29 heavy (non-hydrogen) atoms. The number of hydrogen-bond acceptors (Lipinski definition) is 4. The maximum atomic E-state index is 5.54. The molecule has 3 rings (SSSR count). The highest BCUT2D eigenvalue weighted by Crippen LogP contribution is 2.36. The molecule has 0 bridgehead atoms. The normalized spacial score (nSPS) is 20.0. The zero-order chi connectivity index (χ0) is 19.7. The first-order valence-electron chi connectivity index (χ1n) is 10.9. The van der Waals surface area contributed by atoms with E-state index in [9.17, 15) is 0 Å². The average Bonchev–Trinajstić information content (AvgIpc) is 2.73. The van der Waals surface area contributed by atoms with Crippen LogP contribution in [-0.2, 0) is 11.3 Å². The summed E-state index contributed by atoms with van der Waals surface area (Å²) in [5, 5.41) is 7.07. The summed E-state index contributed by atoms with van der Waals surface area (Å²) in [4.78, 5) is 11.9. The molecule has 1 saturated carbocycles. The Morgan fingerprint density at radius 1 is 1.21 bits per heavy atom. The van der Waals surface area contributed by atoms with Gasteiger partial charge in [0.2, 0.25) is 0 Å². The van der Waals surface area contributed by atoms with Crippen molar-refractivity contribution in [3.05, 3.63) is 29.6 Å². The molecule has 6 nitrogen and oxygen atoms in total. The van der Waals surface area contributed by atoms with E-state index >= 15 is 0 Å². The summed E-state index contributed by atoms with van der Waals surface area (Å²) < 4.78 is 5.54. The van der Waals surface area contributed by atoms with E-state index in [2.05, 4.69) is 40.4 Å². The van der Waals surface area contributed by atoms with Gasteiger partial charge in [-0.25, -0.2) is 4.99 Å². The van der Waals surface area contributed by atoms with Crippen LogP contribution in [0, 0.1) is 12.3 Å². The number of guanidine groups is 1. The molecule has 2 aliphatic rings. The SMILES string of the molecule is CCNC(=NCc1ncccc1C)NCC1(CN2CCOCC2)CCCCC1.I. The maximum absolute atomic E-state index is 5.54. The lowest BCUT2D eigenvalue weighted by atomic mass is 9.73. The van der Waals surface area contributed by atoms with Gasteiger partial charge in [0.05, 0.1) is 25.5 Å². The Bertz CT molecular complexity index is 627. The van der Waals surface area contributed by atoms with Crippen molar-refractivity contribution in [3.8, 4) is 0 Å². The van der Waals surface area contributed by atoms with Crippen molar-refractivity contribution in [1.29, 1.82) is 0 Å². The van der Waals surface area contributed by atoms with Gasteiger partial charge in [-0.05, 0) is 38.3 Å². The minimum atomic E-state index is 0. The van der Waals surface area contributed by atoms with Crippen molar-refractivity contribution in [2.75, 3.05) is 45.9 Å². The van der Waals surface area contributed by atoms with Gasteiger partial charge in [-0.2, -0.15) is 0 Å². The Kier molecular flexibility index (Phi) is 10.7. The lowest BCUT2D eigenvalue weighted by Gasteiger charge is -2.42. The predicted octanol–water partition coefficient (Wildman–Crippen LogP) is 3.35. The standard InChI is InChI=1S/C22H37N5O.HI/c1-3-23-21(25-16-20-19(2)8-7-11-24-20)26-17-22(9-5-4-6-10-22)18-27-12-14-28-15-13-27;/h7-8,11H,3-6,9-10,12-18H2,1-2H3,(H2,23,25,26);1H. The van der Waals surface area contributed by atoms with Gasteiger partial charge < -0.3 is 15.4 Å². The first kappa shape index (κ1) is 24.3. The highest BCUT2D eigenvalue weighted by atomic mass is 127. The molecular weight excluding hydrogens is 477 g/mol. The van der Waals surface area contributed by atoms with E-state index in [-0.39, 0.29) is 24.0 Å². The third-order valence-electron chi connectivity index (χ3n) is 6.06. The zero-order valence-electron chi connectivity index (χ0n) is 18.1. The first-order valence-corrected chi connectivity index (χ1v) is 10.9. The number of nitrogens with zero attached hydrogens (tertiary/aromatic N) is 3. The van der Waals surface area contributed by atoms with Crippen LogP contribution in [0.25, 0.3) is 0 Å². The van der Waals surface area contributed by atoms with E-state index in [1.807, 2.05) is 12.3 Å². The molecule has 0 unspecified atom stereocenters. The molecule has 0 atom stereocenters. The number of halogens is 1. The Labute approximate surface area is 193 Å². The molecule has 1 aromatic heterocycles. The molecule has 2 N–H and O–H groups in total. The molecular formula is C22H38IN5O. The second-order valence-corrected chi connectivity index (χ2v) is 8.26. The summed E-state index contributed by atoms with van der Waals surface area (Å²) in [5.74, 6) is 0.902. The summed E-state index contributed by atoms with van der Waals surface area (Å²) in [6.07, 6.45) is 8.50. The van der Waals surface area contributed by atoms with E-state index in [0.29, 0.717) is 12.0 Å². The fourth-order valence-corrected chi connectivity index (χ4v) is 4.38. The Balaban J connectivity index is 0.00000300. The van der Waals surface area contributed by atoms with Crippen molar-refractivity contribution in [1.82, 2.24) is 20.5 Å². The minimum Gasteiger partial charge on any atom is -0.379 e. The van der Waals surface area contributed by atoms with Gasteiger partial charge in [-0.15, -0.1) is 24.0 Å². The van der Waals surface area contributed by atoms with Crippen LogP contribution in [0.2, 0.25) is 0 Å². The second kappa shape index (κ2) is 12.7. The van der Waals surface area contributed by atoms with Gasteiger partial charge in [0.15, 0.2) is 5.96 Å².